The molecule has 8 nitrogen and oxygen atoms in total. The molecule has 9 heteroatoms. The molecule has 3 aliphatic rings. The lowest BCUT2D eigenvalue weighted by molar-refractivity contribution is -0.0456. The summed E-state index contributed by atoms with van der Waals surface area (Å²) in [5.74, 6) is 0.313. The number of aliphatic hydroxyl groups excluding tert-OH is 2. The zero-order valence-electron chi connectivity index (χ0n) is 10.8. The molecule has 0 saturated carbocycles. The van der Waals surface area contributed by atoms with Crippen LogP contribution in [0.25, 0.3) is 0 Å². The first-order valence-corrected chi connectivity index (χ1v) is 6.37. The van der Waals surface area contributed by atoms with E-state index in [1.54, 1.807) is 6.92 Å². The molecule has 0 radical (unpaired) electrons. The van der Waals surface area contributed by atoms with Crippen LogP contribution in [0.1, 0.15) is 6.92 Å². The van der Waals surface area contributed by atoms with Crippen molar-refractivity contribution in [2.75, 3.05) is 6.61 Å². The number of nitrogens with zero attached hydrogens (tertiary/aromatic N) is 3. The van der Waals surface area contributed by atoms with E-state index in [2.05, 4.69) is 15.4 Å². The fraction of sp³-hybridized carbons (Fsp3) is 0.727. The van der Waals surface area contributed by atoms with Gasteiger partial charge in [-0.05, 0) is 6.92 Å². The summed E-state index contributed by atoms with van der Waals surface area (Å²) in [5, 5.41) is 28.0. The molecule has 20 heavy (non-hydrogen) atoms. The molecule has 3 aliphatic heterocycles. The van der Waals surface area contributed by atoms with Gasteiger partial charge >= 0.3 is 0 Å². The maximum Gasteiger partial charge on any atom is 0.191 e. The van der Waals surface area contributed by atoms with Gasteiger partial charge in [0.25, 0.3) is 0 Å². The molecule has 0 aromatic heterocycles. The summed E-state index contributed by atoms with van der Waals surface area (Å²) in [7, 11) is 0. The van der Waals surface area contributed by atoms with Crippen LogP contribution in [0, 0.1) is 5.41 Å². The standard InChI is InChI=1S/C11H16FN5O3/c1-4-7(9-6(12)8(19)5(2-18)20-9)17-11(16-4)10(13)14-3-15-17/h3-9,18-19H,2H2,1H3,(H2,13,14,15)/t4?,5-,6-,7?,8-,9-/m1/s1. The predicted octanol–water partition coefficient (Wildman–Crippen LogP) is -1.56. The van der Waals surface area contributed by atoms with Gasteiger partial charge in [0.05, 0.1) is 12.6 Å². The lowest BCUT2D eigenvalue weighted by Crippen LogP contribution is -2.58. The second-order valence-corrected chi connectivity index (χ2v) is 5.05. The second kappa shape index (κ2) is 4.76. The lowest BCUT2D eigenvalue weighted by Gasteiger charge is -2.34. The van der Waals surface area contributed by atoms with E-state index < -0.39 is 37.1 Å². The van der Waals surface area contributed by atoms with Gasteiger partial charge in [0.15, 0.2) is 17.8 Å². The Hall–Kier alpha value is -1.58. The topological polar surface area (TPSA) is 114 Å². The highest BCUT2D eigenvalue weighted by molar-refractivity contribution is 6.41. The van der Waals surface area contributed by atoms with E-state index in [0.717, 1.165) is 0 Å². The fourth-order valence-corrected chi connectivity index (χ4v) is 2.82. The summed E-state index contributed by atoms with van der Waals surface area (Å²) in [6, 6.07) is -0.842. The minimum atomic E-state index is -1.62. The van der Waals surface area contributed by atoms with Gasteiger partial charge in [0.1, 0.15) is 30.7 Å². The van der Waals surface area contributed by atoms with E-state index in [1.165, 1.54) is 11.3 Å². The number of ether oxygens (including phenoxy) is 1. The Bertz CT molecular complexity index is 485. The summed E-state index contributed by atoms with van der Waals surface area (Å²) in [6.07, 6.45) is -3.54. The van der Waals surface area contributed by atoms with Crippen LogP contribution in [0.4, 0.5) is 4.39 Å². The van der Waals surface area contributed by atoms with Crippen LogP contribution in [0.5, 0.6) is 0 Å². The summed E-state index contributed by atoms with van der Waals surface area (Å²) < 4.78 is 19.6. The first-order chi connectivity index (χ1) is 9.54. The smallest absolute Gasteiger partial charge is 0.191 e. The third-order valence-corrected chi connectivity index (χ3v) is 3.82. The predicted molar refractivity (Wildman–Crippen MR) is 68.5 cm³/mol. The maximum atomic E-state index is 14.2. The molecule has 1 fully saturated rings. The summed E-state index contributed by atoms with van der Waals surface area (Å²) in [6.45, 7) is 1.33. The van der Waals surface area contributed by atoms with Crippen LogP contribution in [-0.4, -0.2) is 76.4 Å². The number of amidine groups is 2. The van der Waals surface area contributed by atoms with Crippen molar-refractivity contribution in [2.45, 2.75) is 43.5 Å². The zero-order chi connectivity index (χ0) is 14.4. The van der Waals surface area contributed by atoms with Gasteiger partial charge < -0.3 is 14.9 Å². The SMILES string of the molecule is CC1N=C2C(=N)N=CNN2C1[C@@H]1O[C@H](CO)[C@@H](O)[C@H]1F. The van der Waals surface area contributed by atoms with Crippen molar-refractivity contribution in [2.24, 2.45) is 9.98 Å². The van der Waals surface area contributed by atoms with Gasteiger partial charge in [-0.15, -0.1) is 0 Å². The molecule has 0 spiro atoms. The Morgan fingerprint density at radius 2 is 2.35 bits per heavy atom. The van der Waals surface area contributed by atoms with E-state index in [1.807, 2.05) is 0 Å². The molecule has 0 aliphatic carbocycles. The van der Waals surface area contributed by atoms with Crippen LogP contribution in [0.15, 0.2) is 9.98 Å². The zero-order valence-corrected chi connectivity index (χ0v) is 10.8. The van der Waals surface area contributed by atoms with Crippen molar-refractivity contribution in [3.8, 4) is 0 Å². The fourth-order valence-electron chi connectivity index (χ4n) is 2.82. The van der Waals surface area contributed by atoms with Gasteiger partial charge in [0.2, 0.25) is 0 Å². The van der Waals surface area contributed by atoms with Crippen LogP contribution in [-0.2, 0) is 4.74 Å². The minimum absolute atomic E-state index is 0.00855. The van der Waals surface area contributed by atoms with Crippen molar-refractivity contribution < 1.29 is 19.3 Å². The molecule has 0 aromatic rings. The van der Waals surface area contributed by atoms with Crippen molar-refractivity contribution >= 4 is 18.0 Å². The Morgan fingerprint density at radius 3 is 3.00 bits per heavy atom. The number of halogens is 1. The second-order valence-electron chi connectivity index (χ2n) is 5.05. The molecular formula is C11H16FN5O3. The summed E-state index contributed by atoms with van der Waals surface area (Å²) >= 11 is 0. The van der Waals surface area contributed by atoms with Crippen LogP contribution in [0.3, 0.4) is 0 Å². The van der Waals surface area contributed by atoms with Gasteiger partial charge in [-0.25, -0.2) is 9.38 Å². The lowest BCUT2D eigenvalue weighted by atomic mass is 9.99. The normalized spacial score (nSPS) is 43.5. The monoisotopic (exact) mass is 285 g/mol. The Labute approximate surface area is 114 Å². The highest BCUT2D eigenvalue weighted by Gasteiger charge is 2.53. The molecular weight excluding hydrogens is 269 g/mol. The molecule has 2 unspecified atom stereocenters. The summed E-state index contributed by atoms with van der Waals surface area (Å²) in [4.78, 5) is 8.06. The molecule has 110 valence electrons. The highest BCUT2D eigenvalue weighted by Crippen LogP contribution is 2.32. The first-order valence-electron chi connectivity index (χ1n) is 6.37. The highest BCUT2D eigenvalue weighted by atomic mass is 19.1. The van der Waals surface area contributed by atoms with E-state index in [9.17, 15) is 9.50 Å². The molecule has 0 bridgehead atoms. The van der Waals surface area contributed by atoms with Crippen LogP contribution >= 0.6 is 0 Å². The maximum absolute atomic E-state index is 14.2. The largest absolute Gasteiger partial charge is 0.394 e. The minimum Gasteiger partial charge on any atom is -0.394 e. The third kappa shape index (κ3) is 1.81. The van der Waals surface area contributed by atoms with Gasteiger partial charge in [-0.3, -0.25) is 20.8 Å². The Balaban J connectivity index is 1.85. The van der Waals surface area contributed by atoms with Crippen LogP contribution < -0.4 is 5.43 Å². The average Bonchev–Trinajstić information content (AvgIpc) is 2.90. The van der Waals surface area contributed by atoms with E-state index in [0.29, 0.717) is 5.84 Å². The number of hydrazine groups is 1. The number of nitrogens with one attached hydrogen (secondary N) is 2. The molecule has 4 N–H and O–H groups in total. The Morgan fingerprint density at radius 1 is 1.60 bits per heavy atom. The molecule has 3 heterocycles. The summed E-state index contributed by atoms with van der Waals surface area (Å²) in [5.41, 5.74) is 2.82. The van der Waals surface area contributed by atoms with Crippen molar-refractivity contribution in [1.82, 2.24) is 10.4 Å². The molecule has 1 saturated heterocycles. The van der Waals surface area contributed by atoms with E-state index in [4.69, 9.17) is 15.3 Å². The van der Waals surface area contributed by atoms with Crippen molar-refractivity contribution in [3.05, 3.63) is 0 Å². The van der Waals surface area contributed by atoms with Gasteiger partial charge in [0, 0.05) is 0 Å². The molecule has 0 aromatic carbocycles. The van der Waals surface area contributed by atoms with Gasteiger partial charge in [-0.1, -0.05) is 0 Å². The Kier molecular flexibility index (Phi) is 3.19. The van der Waals surface area contributed by atoms with Crippen molar-refractivity contribution in [3.63, 3.8) is 0 Å². The average molecular weight is 285 g/mol. The third-order valence-electron chi connectivity index (χ3n) is 3.82. The van der Waals surface area contributed by atoms with Gasteiger partial charge in [-0.2, -0.15) is 0 Å². The van der Waals surface area contributed by atoms with E-state index in [-0.39, 0.29) is 11.9 Å². The molecule has 6 atom stereocenters. The molecule has 0 amide bonds. The number of aliphatic imine (C=N–C) groups is 2. The number of rotatable bonds is 2. The number of hydrogen-bond acceptors (Lipinski definition) is 7. The molecule has 3 rings (SSSR count). The number of hydrogen-bond donors (Lipinski definition) is 4. The van der Waals surface area contributed by atoms with Crippen LogP contribution in [0.2, 0.25) is 0 Å². The number of alkyl halides is 1. The number of fused-ring (bicyclic) bond motifs is 1. The van der Waals surface area contributed by atoms with Crippen molar-refractivity contribution in [1.29, 1.82) is 5.41 Å². The number of aliphatic hydroxyl groups is 2. The van der Waals surface area contributed by atoms with E-state index >= 15 is 0 Å². The first kappa shape index (κ1) is 13.4. The quantitative estimate of drug-likeness (QED) is 0.490.